The van der Waals surface area contributed by atoms with Crippen LogP contribution >= 0.6 is 0 Å². The first-order valence-corrected chi connectivity index (χ1v) is 10.6. The molecule has 0 saturated carbocycles. The Bertz CT molecular complexity index is 958. The first kappa shape index (κ1) is 20.0. The molecule has 1 aliphatic carbocycles. The van der Waals surface area contributed by atoms with Crippen LogP contribution in [0.5, 0.6) is 5.75 Å². The van der Waals surface area contributed by atoms with E-state index in [9.17, 15) is 9.59 Å². The average molecular weight is 399 g/mol. The lowest BCUT2D eigenvalue weighted by atomic mass is 9.90. The van der Waals surface area contributed by atoms with Crippen molar-refractivity contribution in [1.29, 1.82) is 0 Å². The lowest BCUT2D eigenvalue weighted by molar-refractivity contribution is -0.133. The zero-order valence-corrected chi connectivity index (χ0v) is 17.3. The SMILES string of the molecule is Cc1c(OCC(=O)N(C)CC2CCOCC2)ccc2c3c(c(=O)oc12)CCCC3. The van der Waals surface area contributed by atoms with Gasteiger partial charge in [-0.25, -0.2) is 4.79 Å². The van der Waals surface area contributed by atoms with Gasteiger partial charge in [0.05, 0.1) is 0 Å². The van der Waals surface area contributed by atoms with Gasteiger partial charge in [0.25, 0.3) is 5.91 Å². The molecule has 29 heavy (non-hydrogen) atoms. The highest BCUT2D eigenvalue weighted by Gasteiger charge is 2.21. The summed E-state index contributed by atoms with van der Waals surface area (Å²) < 4.78 is 16.8. The minimum Gasteiger partial charge on any atom is -0.483 e. The van der Waals surface area contributed by atoms with Gasteiger partial charge in [0.15, 0.2) is 6.61 Å². The van der Waals surface area contributed by atoms with E-state index < -0.39 is 0 Å². The molecule has 0 radical (unpaired) electrons. The van der Waals surface area contributed by atoms with Crippen molar-refractivity contribution in [1.82, 2.24) is 4.90 Å². The number of fused-ring (bicyclic) bond motifs is 3. The first-order chi connectivity index (χ1) is 14.0. The predicted molar refractivity (Wildman–Crippen MR) is 111 cm³/mol. The Hall–Kier alpha value is -2.34. The first-order valence-electron chi connectivity index (χ1n) is 10.6. The molecular formula is C23H29NO5. The van der Waals surface area contributed by atoms with Crippen molar-refractivity contribution in [2.45, 2.75) is 45.4 Å². The van der Waals surface area contributed by atoms with E-state index in [1.54, 1.807) is 4.90 Å². The molecule has 1 aromatic carbocycles. The van der Waals surface area contributed by atoms with Crippen LogP contribution in [0.1, 0.15) is 42.4 Å². The topological polar surface area (TPSA) is 69.0 Å². The molecule has 1 saturated heterocycles. The number of carbonyl (C=O) groups is 1. The summed E-state index contributed by atoms with van der Waals surface area (Å²) in [7, 11) is 1.82. The number of ether oxygens (including phenoxy) is 2. The second-order valence-electron chi connectivity index (χ2n) is 8.24. The maximum Gasteiger partial charge on any atom is 0.339 e. The van der Waals surface area contributed by atoms with E-state index >= 15 is 0 Å². The van der Waals surface area contributed by atoms with Gasteiger partial charge >= 0.3 is 5.63 Å². The summed E-state index contributed by atoms with van der Waals surface area (Å²) in [4.78, 5) is 26.7. The van der Waals surface area contributed by atoms with Crippen LogP contribution in [0, 0.1) is 12.8 Å². The van der Waals surface area contributed by atoms with Crippen molar-refractivity contribution in [3.63, 3.8) is 0 Å². The van der Waals surface area contributed by atoms with E-state index in [1.165, 1.54) is 0 Å². The summed E-state index contributed by atoms with van der Waals surface area (Å²) in [5.41, 5.74) is 3.05. The minimum atomic E-state index is -0.236. The highest BCUT2D eigenvalue weighted by molar-refractivity contribution is 5.86. The van der Waals surface area contributed by atoms with Crippen molar-refractivity contribution in [3.8, 4) is 5.75 Å². The Labute approximate surface area is 170 Å². The molecule has 6 nitrogen and oxygen atoms in total. The van der Waals surface area contributed by atoms with Crippen LogP contribution < -0.4 is 10.4 Å². The minimum absolute atomic E-state index is 0.0265. The molecule has 1 aromatic heterocycles. The summed E-state index contributed by atoms with van der Waals surface area (Å²) >= 11 is 0. The molecule has 0 N–H and O–H groups in total. The van der Waals surface area contributed by atoms with Crippen LogP contribution in [0.15, 0.2) is 21.3 Å². The Morgan fingerprint density at radius 3 is 2.66 bits per heavy atom. The molecule has 2 aliphatic rings. The number of likely N-dealkylation sites (N-methyl/N-ethyl adjacent to an activating group) is 1. The monoisotopic (exact) mass is 399 g/mol. The van der Waals surface area contributed by atoms with Gasteiger partial charge in [-0.3, -0.25) is 4.79 Å². The number of nitrogens with zero attached hydrogens (tertiary/aromatic N) is 1. The van der Waals surface area contributed by atoms with Crippen molar-refractivity contribution < 1.29 is 18.7 Å². The molecule has 1 fully saturated rings. The summed E-state index contributed by atoms with van der Waals surface area (Å²) in [6.07, 6.45) is 5.81. The predicted octanol–water partition coefficient (Wildman–Crippen LogP) is 3.24. The summed E-state index contributed by atoms with van der Waals surface area (Å²) in [6, 6.07) is 3.85. The molecule has 1 amide bonds. The van der Waals surface area contributed by atoms with E-state index in [4.69, 9.17) is 13.9 Å². The fourth-order valence-electron chi connectivity index (χ4n) is 4.45. The third-order valence-corrected chi connectivity index (χ3v) is 6.24. The summed E-state index contributed by atoms with van der Waals surface area (Å²) in [5, 5.41) is 0.993. The lowest BCUT2D eigenvalue weighted by Gasteiger charge is -2.27. The van der Waals surface area contributed by atoms with Gasteiger partial charge in [0, 0.05) is 43.3 Å². The van der Waals surface area contributed by atoms with Crippen LogP contribution in [0.3, 0.4) is 0 Å². The molecule has 2 heterocycles. The van der Waals surface area contributed by atoms with Crippen LogP contribution in [-0.2, 0) is 22.4 Å². The summed E-state index contributed by atoms with van der Waals surface area (Å²) in [5.74, 6) is 1.02. The fourth-order valence-corrected chi connectivity index (χ4v) is 4.45. The highest BCUT2D eigenvalue weighted by Crippen LogP contribution is 2.32. The Kier molecular flexibility index (Phi) is 5.90. The molecule has 2 aromatic rings. The van der Waals surface area contributed by atoms with Gasteiger partial charge in [0.2, 0.25) is 0 Å². The second kappa shape index (κ2) is 8.57. The number of hydrogen-bond acceptors (Lipinski definition) is 5. The third-order valence-electron chi connectivity index (χ3n) is 6.24. The number of hydrogen-bond donors (Lipinski definition) is 0. The average Bonchev–Trinajstić information content (AvgIpc) is 2.74. The number of rotatable bonds is 5. The summed E-state index contributed by atoms with van der Waals surface area (Å²) in [6.45, 7) is 4.12. The van der Waals surface area contributed by atoms with Crippen molar-refractivity contribution in [2.75, 3.05) is 33.4 Å². The van der Waals surface area contributed by atoms with Crippen molar-refractivity contribution in [3.05, 3.63) is 39.2 Å². The molecule has 6 heteroatoms. The number of aryl methyl sites for hydroxylation is 2. The van der Waals surface area contributed by atoms with E-state index in [1.807, 2.05) is 26.1 Å². The smallest absolute Gasteiger partial charge is 0.339 e. The largest absolute Gasteiger partial charge is 0.483 e. The van der Waals surface area contributed by atoms with Crippen LogP contribution in [0.4, 0.5) is 0 Å². The van der Waals surface area contributed by atoms with Gasteiger partial charge in [0.1, 0.15) is 11.3 Å². The number of carbonyl (C=O) groups excluding carboxylic acids is 1. The van der Waals surface area contributed by atoms with Gasteiger partial charge in [-0.05, 0) is 69.1 Å². The number of benzene rings is 1. The second-order valence-corrected chi connectivity index (χ2v) is 8.24. The van der Waals surface area contributed by atoms with E-state index in [0.717, 1.165) is 80.4 Å². The van der Waals surface area contributed by atoms with E-state index in [0.29, 0.717) is 17.3 Å². The molecule has 0 spiro atoms. The molecule has 4 rings (SSSR count). The van der Waals surface area contributed by atoms with Gasteiger partial charge < -0.3 is 18.8 Å². The molecule has 0 atom stereocenters. The molecule has 156 valence electrons. The fraction of sp³-hybridized carbons (Fsp3) is 0.565. The molecule has 1 aliphatic heterocycles. The van der Waals surface area contributed by atoms with Crippen LogP contribution in [0.2, 0.25) is 0 Å². The molecule has 0 unspecified atom stereocenters. The van der Waals surface area contributed by atoms with Gasteiger partial charge in [-0.1, -0.05) is 0 Å². The zero-order valence-electron chi connectivity index (χ0n) is 17.3. The van der Waals surface area contributed by atoms with Gasteiger partial charge in [-0.15, -0.1) is 0 Å². The Morgan fingerprint density at radius 1 is 1.17 bits per heavy atom. The van der Waals surface area contributed by atoms with E-state index in [2.05, 4.69) is 0 Å². The standard InChI is InChI=1S/C23H29NO5/c1-15-20(28-14-21(25)24(2)13-16-9-11-27-12-10-16)8-7-18-17-5-3-4-6-19(17)23(26)29-22(15)18/h7-8,16H,3-6,9-14H2,1-2H3. The highest BCUT2D eigenvalue weighted by atomic mass is 16.5. The lowest BCUT2D eigenvalue weighted by Crippen LogP contribution is -2.37. The van der Waals surface area contributed by atoms with Crippen LogP contribution in [0.25, 0.3) is 11.0 Å². The Balaban J connectivity index is 1.47. The third kappa shape index (κ3) is 4.17. The Morgan fingerprint density at radius 2 is 1.90 bits per heavy atom. The maximum atomic E-state index is 12.5. The van der Waals surface area contributed by atoms with Crippen molar-refractivity contribution in [2.24, 2.45) is 5.92 Å². The zero-order chi connectivity index (χ0) is 20.4. The quantitative estimate of drug-likeness (QED) is 0.722. The molecule has 0 bridgehead atoms. The number of amides is 1. The molecular weight excluding hydrogens is 370 g/mol. The van der Waals surface area contributed by atoms with Crippen LogP contribution in [-0.4, -0.2) is 44.2 Å². The normalized spacial score (nSPS) is 17.2. The van der Waals surface area contributed by atoms with Gasteiger partial charge in [-0.2, -0.15) is 0 Å². The maximum absolute atomic E-state index is 12.5. The van der Waals surface area contributed by atoms with E-state index in [-0.39, 0.29) is 18.1 Å². The van der Waals surface area contributed by atoms with Crippen molar-refractivity contribution >= 4 is 16.9 Å².